The molecule has 21 heavy (non-hydrogen) atoms. The first kappa shape index (κ1) is 15.8. The van der Waals surface area contributed by atoms with Gasteiger partial charge in [0.15, 0.2) is 0 Å². The number of carbonyl (C=O) groups is 1. The summed E-state index contributed by atoms with van der Waals surface area (Å²) in [4.78, 5) is 13.8. The number of hydrogen-bond acceptors (Lipinski definition) is 2. The predicted molar refractivity (Wildman–Crippen MR) is 83.2 cm³/mol. The third kappa shape index (κ3) is 2.88. The molecule has 1 heterocycles. The topological polar surface area (TPSA) is 46.3 Å². The van der Waals surface area contributed by atoms with E-state index in [1.807, 2.05) is 12.1 Å². The molecule has 0 saturated carbocycles. The molecule has 0 spiro atoms. The zero-order valence-corrected chi connectivity index (χ0v) is 12.5. The lowest BCUT2D eigenvalue weighted by Crippen LogP contribution is -2.31. The molecule has 1 aliphatic rings. The van der Waals surface area contributed by atoms with Crippen LogP contribution < -0.4 is 10.6 Å². The molecule has 2 aromatic carbocycles. The smallest absolute Gasteiger partial charge is 0.248 e. The van der Waals surface area contributed by atoms with Crippen LogP contribution in [-0.4, -0.2) is 5.91 Å². The molecule has 0 aromatic heterocycles. The normalized spacial score (nSPS) is 16.6. The summed E-state index contributed by atoms with van der Waals surface area (Å²) in [6.07, 6.45) is 0. The van der Waals surface area contributed by atoms with Gasteiger partial charge in [-0.2, -0.15) is 0 Å². The molecule has 6 heteroatoms. The minimum absolute atomic E-state index is 0. The maximum absolute atomic E-state index is 13.3. The molecule has 2 N–H and O–H groups in total. The molecular formula is C15H13Cl2FN2O. The molecule has 0 saturated heterocycles. The van der Waals surface area contributed by atoms with Gasteiger partial charge in [0, 0.05) is 16.3 Å². The molecule has 2 aromatic rings. The molecule has 3 nitrogen and oxygen atoms in total. The molecule has 1 aliphatic heterocycles. The first-order valence-electron chi connectivity index (χ1n) is 6.17. The van der Waals surface area contributed by atoms with Crippen LogP contribution in [0.3, 0.4) is 0 Å². The largest absolute Gasteiger partial charge is 0.316 e. The summed E-state index contributed by atoms with van der Waals surface area (Å²) in [5.41, 5.74) is 7.93. The third-order valence-corrected chi connectivity index (χ3v) is 3.61. The SMILES string of the molecule is Cl.NC1C(=O)N(Cc2cccc(Cl)c2)c2ccc(F)cc21. The molecule has 0 radical (unpaired) electrons. The third-order valence-electron chi connectivity index (χ3n) is 3.38. The number of carbonyl (C=O) groups excluding carboxylic acids is 1. The Kier molecular flexibility index (Phi) is 4.52. The number of rotatable bonds is 2. The highest BCUT2D eigenvalue weighted by Crippen LogP contribution is 2.36. The van der Waals surface area contributed by atoms with Crippen LogP contribution in [0.1, 0.15) is 17.2 Å². The van der Waals surface area contributed by atoms with E-state index in [0.29, 0.717) is 22.8 Å². The number of nitrogens with two attached hydrogens (primary N) is 1. The second-order valence-corrected chi connectivity index (χ2v) is 5.17. The summed E-state index contributed by atoms with van der Waals surface area (Å²) in [6, 6.07) is 10.7. The van der Waals surface area contributed by atoms with Crippen molar-refractivity contribution in [3.8, 4) is 0 Å². The quantitative estimate of drug-likeness (QED) is 0.918. The summed E-state index contributed by atoms with van der Waals surface area (Å²) in [7, 11) is 0. The summed E-state index contributed by atoms with van der Waals surface area (Å²) in [5, 5.41) is 0.609. The van der Waals surface area contributed by atoms with Gasteiger partial charge in [-0.25, -0.2) is 4.39 Å². The van der Waals surface area contributed by atoms with Crippen molar-refractivity contribution in [1.29, 1.82) is 0 Å². The lowest BCUT2D eigenvalue weighted by atomic mass is 10.1. The monoisotopic (exact) mass is 326 g/mol. The molecular weight excluding hydrogens is 314 g/mol. The van der Waals surface area contributed by atoms with Gasteiger partial charge < -0.3 is 10.6 Å². The second-order valence-electron chi connectivity index (χ2n) is 4.74. The van der Waals surface area contributed by atoms with Gasteiger partial charge in [0.05, 0.1) is 6.54 Å². The molecule has 1 unspecified atom stereocenters. The van der Waals surface area contributed by atoms with Gasteiger partial charge in [0.1, 0.15) is 11.9 Å². The fraction of sp³-hybridized carbons (Fsp3) is 0.133. The average molecular weight is 327 g/mol. The average Bonchev–Trinajstić information content (AvgIpc) is 2.64. The van der Waals surface area contributed by atoms with Crippen molar-refractivity contribution in [2.75, 3.05) is 4.90 Å². The lowest BCUT2D eigenvalue weighted by molar-refractivity contribution is -0.119. The number of halogens is 3. The van der Waals surface area contributed by atoms with Crippen molar-refractivity contribution < 1.29 is 9.18 Å². The number of hydrogen-bond donors (Lipinski definition) is 1. The van der Waals surface area contributed by atoms with Crippen molar-refractivity contribution in [1.82, 2.24) is 0 Å². The second kappa shape index (κ2) is 6.02. The van der Waals surface area contributed by atoms with Gasteiger partial charge in [0.25, 0.3) is 0 Å². The number of nitrogens with zero attached hydrogens (tertiary/aromatic N) is 1. The van der Waals surface area contributed by atoms with Gasteiger partial charge in [-0.15, -0.1) is 12.4 Å². The predicted octanol–water partition coefficient (Wildman–Crippen LogP) is 3.45. The van der Waals surface area contributed by atoms with Crippen LogP contribution in [0.25, 0.3) is 0 Å². The van der Waals surface area contributed by atoms with Gasteiger partial charge in [-0.05, 0) is 35.9 Å². The zero-order valence-electron chi connectivity index (χ0n) is 10.9. The maximum atomic E-state index is 13.3. The highest BCUT2D eigenvalue weighted by molar-refractivity contribution is 6.30. The van der Waals surface area contributed by atoms with Crippen LogP contribution in [0.5, 0.6) is 0 Å². The van der Waals surface area contributed by atoms with Crippen LogP contribution in [0.2, 0.25) is 5.02 Å². The number of benzene rings is 2. The van der Waals surface area contributed by atoms with E-state index in [4.69, 9.17) is 17.3 Å². The van der Waals surface area contributed by atoms with Gasteiger partial charge in [0.2, 0.25) is 5.91 Å². The van der Waals surface area contributed by atoms with Crippen LogP contribution >= 0.6 is 24.0 Å². The number of amides is 1. The molecule has 3 rings (SSSR count). The van der Waals surface area contributed by atoms with E-state index in [9.17, 15) is 9.18 Å². The first-order valence-corrected chi connectivity index (χ1v) is 6.55. The van der Waals surface area contributed by atoms with Crippen molar-refractivity contribution in [2.45, 2.75) is 12.6 Å². The van der Waals surface area contributed by atoms with Crippen LogP contribution in [0, 0.1) is 5.82 Å². The van der Waals surface area contributed by atoms with Gasteiger partial charge >= 0.3 is 0 Å². The van der Waals surface area contributed by atoms with E-state index in [2.05, 4.69) is 0 Å². The van der Waals surface area contributed by atoms with Crippen LogP contribution in [0.15, 0.2) is 42.5 Å². The Morgan fingerprint density at radius 1 is 1.24 bits per heavy atom. The molecule has 1 atom stereocenters. The van der Waals surface area contributed by atoms with Crippen LogP contribution in [-0.2, 0) is 11.3 Å². The van der Waals surface area contributed by atoms with E-state index < -0.39 is 11.9 Å². The number of anilines is 1. The summed E-state index contributed by atoms with van der Waals surface area (Å²) < 4.78 is 13.3. The van der Waals surface area contributed by atoms with Gasteiger partial charge in [-0.3, -0.25) is 4.79 Å². The van der Waals surface area contributed by atoms with E-state index in [1.165, 1.54) is 12.1 Å². The van der Waals surface area contributed by atoms with Crippen LogP contribution in [0.4, 0.5) is 10.1 Å². The first-order chi connectivity index (χ1) is 9.56. The van der Waals surface area contributed by atoms with Crippen molar-refractivity contribution in [3.05, 3.63) is 64.4 Å². The highest BCUT2D eigenvalue weighted by atomic mass is 35.5. The summed E-state index contributed by atoms with van der Waals surface area (Å²) >= 11 is 5.94. The van der Waals surface area contributed by atoms with E-state index in [1.54, 1.807) is 23.1 Å². The minimum atomic E-state index is -0.806. The van der Waals surface area contributed by atoms with E-state index in [-0.39, 0.29) is 18.3 Å². The Morgan fingerprint density at radius 3 is 2.71 bits per heavy atom. The van der Waals surface area contributed by atoms with E-state index >= 15 is 0 Å². The zero-order chi connectivity index (χ0) is 14.3. The Bertz CT molecular complexity index is 693. The number of fused-ring (bicyclic) bond motifs is 1. The molecule has 1 amide bonds. The molecule has 110 valence electrons. The van der Waals surface area contributed by atoms with Crippen molar-refractivity contribution in [2.24, 2.45) is 5.73 Å². The molecule has 0 fully saturated rings. The van der Waals surface area contributed by atoms with Crippen molar-refractivity contribution >= 4 is 35.6 Å². The van der Waals surface area contributed by atoms with Crippen molar-refractivity contribution in [3.63, 3.8) is 0 Å². The fourth-order valence-electron chi connectivity index (χ4n) is 2.42. The Morgan fingerprint density at radius 2 is 2.00 bits per heavy atom. The minimum Gasteiger partial charge on any atom is -0.316 e. The van der Waals surface area contributed by atoms with Gasteiger partial charge in [-0.1, -0.05) is 23.7 Å². The fourth-order valence-corrected chi connectivity index (χ4v) is 2.63. The summed E-state index contributed by atoms with van der Waals surface area (Å²) in [6.45, 7) is 0.367. The highest BCUT2D eigenvalue weighted by Gasteiger charge is 2.34. The maximum Gasteiger partial charge on any atom is 0.248 e. The Hall–Kier alpha value is -1.62. The molecule has 0 aliphatic carbocycles. The lowest BCUT2D eigenvalue weighted by Gasteiger charge is -2.17. The standard InChI is InChI=1S/C15H12ClFN2O.ClH/c16-10-3-1-2-9(6-10)8-19-13-5-4-11(17)7-12(13)14(18)15(19)20;/h1-7,14H,8,18H2;1H. The van der Waals surface area contributed by atoms with E-state index in [0.717, 1.165) is 5.56 Å². The summed E-state index contributed by atoms with van der Waals surface area (Å²) in [5.74, 6) is -0.623. The Balaban J connectivity index is 0.00000161. The Labute approximate surface area is 132 Å². The molecule has 0 bridgehead atoms.